The van der Waals surface area contributed by atoms with Crippen molar-refractivity contribution < 1.29 is 9.21 Å². The van der Waals surface area contributed by atoms with E-state index in [1.54, 1.807) is 4.68 Å². The van der Waals surface area contributed by atoms with E-state index in [0.29, 0.717) is 16.9 Å². The Morgan fingerprint density at radius 3 is 2.60 bits per heavy atom. The van der Waals surface area contributed by atoms with E-state index < -0.39 is 0 Å². The van der Waals surface area contributed by atoms with Crippen LogP contribution in [0, 0.1) is 20.8 Å². The van der Waals surface area contributed by atoms with Gasteiger partial charge in [0.2, 0.25) is 11.8 Å². The van der Waals surface area contributed by atoms with Crippen LogP contribution in [0.25, 0.3) is 17.1 Å². The van der Waals surface area contributed by atoms with Crippen LogP contribution in [0.1, 0.15) is 16.8 Å². The summed E-state index contributed by atoms with van der Waals surface area (Å²) < 4.78 is 7.42. The number of rotatable bonds is 6. The molecule has 2 aromatic carbocycles. The molecule has 2 aromatic heterocycles. The molecule has 0 atom stereocenters. The van der Waals surface area contributed by atoms with Gasteiger partial charge in [-0.25, -0.2) is 4.68 Å². The molecule has 0 spiro atoms. The SMILES string of the molecule is Cc1cc(NC(=O)CSc2nnc(-c3ccc(C)c(C)c3)o2)n(-c2ccccc2)n1. The maximum absolute atomic E-state index is 12.5. The lowest BCUT2D eigenvalue weighted by Gasteiger charge is -2.08. The van der Waals surface area contributed by atoms with Crippen molar-refractivity contribution >= 4 is 23.5 Å². The summed E-state index contributed by atoms with van der Waals surface area (Å²) in [5.74, 6) is 1.03. The molecule has 152 valence electrons. The van der Waals surface area contributed by atoms with E-state index in [1.165, 1.54) is 17.3 Å². The number of thioether (sulfide) groups is 1. The van der Waals surface area contributed by atoms with Gasteiger partial charge in [-0.15, -0.1) is 10.2 Å². The molecule has 0 bridgehead atoms. The lowest BCUT2D eigenvalue weighted by atomic mass is 10.1. The summed E-state index contributed by atoms with van der Waals surface area (Å²) in [7, 11) is 0. The molecule has 0 fully saturated rings. The van der Waals surface area contributed by atoms with Crippen LogP contribution in [-0.2, 0) is 4.79 Å². The summed E-state index contributed by atoms with van der Waals surface area (Å²) in [4.78, 5) is 12.5. The molecular formula is C22H21N5O2S. The molecule has 0 saturated carbocycles. The minimum absolute atomic E-state index is 0.146. The first-order chi connectivity index (χ1) is 14.5. The number of anilines is 1. The highest BCUT2D eigenvalue weighted by molar-refractivity contribution is 7.99. The predicted octanol–water partition coefficient (Wildman–Crippen LogP) is 4.58. The van der Waals surface area contributed by atoms with Gasteiger partial charge in [0.1, 0.15) is 5.82 Å². The minimum atomic E-state index is -0.178. The molecule has 30 heavy (non-hydrogen) atoms. The predicted molar refractivity (Wildman–Crippen MR) is 117 cm³/mol. The smallest absolute Gasteiger partial charge is 0.277 e. The first kappa shape index (κ1) is 19.9. The standard InChI is InChI=1S/C22H21N5O2S/c1-14-9-10-17(11-15(14)2)21-24-25-22(29-21)30-13-20(28)23-19-12-16(3)26-27(19)18-7-5-4-6-8-18/h4-12H,13H2,1-3H3,(H,23,28). The average molecular weight is 420 g/mol. The number of amides is 1. The maximum Gasteiger partial charge on any atom is 0.277 e. The minimum Gasteiger partial charge on any atom is -0.411 e. The van der Waals surface area contributed by atoms with Crippen LogP contribution in [0.4, 0.5) is 5.82 Å². The van der Waals surface area contributed by atoms with Crippen molar-refractivity contribution in [2.75, 3.05) is 11.1 Å². The van der Waals surface area contributed by atoms with Crippen LogP contribution >= 0.6 is 11.8 Å². The molecule has 0 radical (unpaired) electrons. The van der Waals surface area contributed by atoms with Crippen molar-refractivity contribution in [3.05, 3.63) is 71.4 Å². The number of hydrogen-bond donors (Lipinski definition) is 1. The summed E-state index contributed by atoms with van der Waals surface area (Å²) in [5, 5.41) is 15.8. The van der Waals surface area contributed by atoms with Gasteiger partial charge in [0.15, 0.2) is 0 Å². The Balaban J connectivity index is 1.41. The first-order valence-electron chi connectivity index (χ1n) is 9.45. The third-order valence-corrected chi connectivity index (χ3v) is 5.41. The molecule has 0 aliphatic rings. The quantitative estimate of drug-likeness (QED) is 0.461. The van der Waals surface area contributed by atoms with Crippen molar-refractivity contribution in [2.24, 2.45) is 0 Å². The molecule has 1 amide bonds. The van der Waals surface area contributed by atoms with Crippen molar-refractivity contribution in [1.29, 1.82) is 0 Å². The van der Waals surface area contributed by atoms with Gasteiger partial charge in [-0.2, -0.15) is 5.10 Å². The van der Waals surface area contributed by atoms with Gasteiger partial charge >= 0.3 is 0 Å². The van der Waals surface area contributed by atoms with Gasteiger partial charge < -0.3 is 9.73 Å². The molecule has 0 unspecified atom stereocenters. The molecule has 4 aromatic rings. The second-order valence-electron chi connectivity index (χ2n) is 6.93. The fourth-order valence-electron chi connectivity index (χ4n) is 2.92. The number of carbonyl (C=O) groups excluding carboxylic acids is 1. The number of nitrogens with one attached hydrogen (secondary N) is 1. The third kappa shape index (κ3) is 4.44. The Labute approximate surface area is 178 Å². The normalized spacial score (nSPS) is 10.9. The monoisotopic (exact) mass is 419 g/mol. The Kier molecular flexibility index (Phi) is 5.67. The highest BCUT2D eigenvalue weighted by Crippen LogP contribution is 2.25. The summed E-state index contributed by atoms with van der Waals surface area (Å²) in [6.07, 6.45) is 0. The molecular weight excluding hydrogens is 398 g/mol. The lowest BCUT2D eigenvalue weighted by Crippen LogP contribution is -2.16. The molecule has 0 aliphatic heterocycles. The number of benzene rings is 2. The van der Waals surface area contributed by atoms with Gasteiger partial charge in [-0.3, -0.25) is 4.79 Å². The molecule has 0 aliphatic carbocycles. The number of carbonyl (C=O) groups is 1. The van der Waals surface area contributed by atoms with E-state index in [9.17, 15) is 4.79 Å². The first-order valence-corrected chi connectivity index (χ1v) is 10.4. The zero-order valence-corrected chi connectivity index (χ0v) is 17.7. The Morgan fingerprint density at radius 2 is 1.83 bits per heavy atom. The van der Waals surface area contributed by atoms with E-state index in [2.05, 4.69) is 27.5 Å². The molecule has 8 heteroatoms. The topological polar surface area (TPSA) is 85.8 Å². The van der Waals surface area contributed by atoms with Gasteiger partial charge in [-0.05, 0) is 56.2 Å². The Bertz CT molecular complexity index is 1180. The van der Waals surface area contributed by atoms with E-state index in [1.807, 2.05) is 68.4 Å². The molecule has 7 nitrogen and oxygen atoms in total. The largest absolute Gasteiger partial charge is 0.411 e. The molecule has 4 rings (SSSR count). The summed E-state index contributed by atoms with van der Waals surface area (Å²) in [5.41, 5.74) is 4.92. The second kappa shape index (κ2) is 8.54. The van der Waals surface area contributed by atoms with Crippen LogP contribution in [-0.4, -0.2) is 31.6 Å². The van der Waals surface area contributed by atoms with Crippen molar-refractivity contribution in [3.63, 3.8) is 0 Å². The average Bonchev–Trinajstić information content (AvgIpc) is 3.36. The second-order valence-corrected chi connectivity index (χ2v) is 7.85. The number of para-hydroxylation sites is 1. The van der Waals surface area contributed by atoms with Gasteiger partial charge in [0, 0.05) is 11.6 Å². The molecule has 0 saturated heterocycles. The lowest BCUT2D eigenvalue weighted by molar-refractivity contribution is -0.113. The van der Waals surface area contributed by atoms with Crippen LogP contribution in [0.15, 0.2) is 64.2 Å². The number of aromatic nitrogens is 4. The number of aryl methyl sites for hydroxylation is 3. The van der Waals surface area contributed by atoms with Crippen molar-refractivity contribution in [2.45, 2.75) is 26.0 Å². The zero-order valence-electron chi connectivity index (χ0n) is 16.9. The highest BCUT2D eigenvalue weighted by Gasteiger charge is 2.14. The van der Waals surface area contributed by atoms with Crippen LogP contribution in [0.2, 0.25) is 0 Å². The van der Waals surface area contributed by atoms with Crippen LogP contribution < -0.4 is 5.32 Å². The number of nitrogens with zero attached hydrogens (tertiary/aromatic N) is 4. The van der Waals surface area contributed by atoms with Crippen molar-refractivity contribution in [1.82, 2.24) is 20.0 Å². The molecule has 1 N–H and O–H groups in total. The summed E-state index contributed by atoms with van der Waals surface area (Å²) >= 11 is 1.20. The van der Waals surface area contributed by atoms with E-state index in [4.69, 9.17) is 4.42 Å². The fourth-order valence-corrected chi connectivity index (χ4v) is 3.48. The third-order valence-electron chi connectivity index (χ3n) is 4.59. The number of hydrogen-bond acceptors (Lipinski definition) is 6. The van der Waals surface area contributed by atoms with Gasteiger partial charge in [0.05, 0.1) is 17.1 Å². The summed E-state index contributed by atoms with van der Waals surface area (Å²) in [6, 6.07) is 17.5. The fraction of sp³-hybridized carbons (Fsp3) is 0.182. The Morgan fingerprint density at radius 1 is 1.03 bits per heavy atom. The molecule has 2 heterocycles. The van der Waals surface area contributed by atoms with Crippen molar-refractivity contribution in [3.8, 4) is 17.1 Å². The van der Waals surface area contributed by atoms with Gasteiger partial charge in [0.25, 0.3) is 5.22 Å². The van der Waals surface area contributed by atoms with E-state index >= 15 is 0 Å². The highest BCUT2D eigenvalue weighted by atomic mass is 32.2. The van der Waals surface area contributed by atoms with E-state index in [-0.39, 0.29) is 11.7 Å². The van der Waals surface area contributed by atoms with E-state index in [0.717, 1.165) is 22.5 Å². The maximum atomic E-state index is 12.5. The Hall–Kier alpha value is -3.39. The van der Waals surface area contributed by atoms with Crippen LogP contribution in [0.5, 0.6) is 0 Å². The van der Waals surface area contributed by atoms with Gasteiger partial charge in [-0.1, -0.05) is 36.0 Å². The zero-order chi connectivity index (χ0) is 21.1. The van der Waals surface area contributed by atoms with Crippen LogP contribution in [0.3, 0.4) is 0 Å². The summed E-state index contributed by atoms with van der Waals surface area (Å²) in [6.45, 7) is 5.98.